The average molecular weight is 269 g/mol. The Hall–Kier alpha value is -1.80. The summed E-state index contributed by atoms with van der Waals surface area (Å²) in [5.41, 5.74) is 3.68. The zero-order chi connectivity index (χ0) is 14.4. The first kappa shape index (κ1) is 14.6. The van der Waals surface area contributed by atoms with E-state index in [0.29, 0.717) is 12.6 Å². The van der Waals surface area contributed by atoms with E-state index in [0.717, 1.165) is 17.7 Å². The summed E-state index contributed by atoms with van der Waals surface area (Å²) >= 11 is 0. The van der Waals surface area contributed by atoms with Crippen LogP contribution >= 0.6 is 0 Å². The first-order chi connectivity index (χ1) is 9.80. The molecule has 20 heavy (non-hydrogen) atoms. The molecule has 0 amide bonds. The van der Waals surface area contributed by atoms with Crippen molar-refractivity contribution in [2.24, 2.45) is 0 Å². The quantitative estimate of drug-likeness (QED) is 0.838. The Morgan fingerprint density at radius 3 is 2.55 bits per heavy atom. The molecule has 0 bridgehead atoms. The highest BCUT2D eigenvalue weighted by molar-refractivity contribution is 5.71. The van der Waals surface area contributed by atoms with E-state index in [4.69, 9.17) is 4.74 Å². The van der Waals surface area contributed by atoms with Crippen molar-refractivity contribution < 1.29 is 4.74 Å². The number of benzene rings is 2. The first-order valence-corrected chi connectivity index (χ1v) is 7.29. The summed E-state index contributed by atoms with van der Waals surface area (Å²) in [5.74, 6) is 0.949. The minimum Gasteiger partial charge on any atom is -0.493 e. The molecular formula is C18H23NO. The monoisotopic (exact) mass is 269 g/mol. The number of ether oxygens (including phenoxy) is 1. The van der Waals surface area contributed by atoms with Gasteiger partial charge in [0.15, 0.2) is 0 Å². The van der Waals surface area contributed by atoms with E-state index in [1.165, 1.54) is 11.1 Å². The molecule has 1 N–H and O–H groups in total. The molecule has 0 aliphatic heterocycles. The zero-order valence-electron chi connectivity index (χ0n) is 12.5. The molecule has 2 aromatic carbocycles. The summed E-state index contributed by atoms with van der Waals surface area (Å²) in [5, 5.41) is 3.36. The van der Waals surface area contributed by atoms with Gasteiger partial charge in [0.25, 0.3) is 0 Å². The van der Waals surface area contributed by atoms with Crippen LogP contribution in [0.25, 0.3) is 11.1 Å². The molecular weight excluding hydrogens is 246 g/mol. The molecule has 0 spiro atoms. The number of para-hydroxylation sites is 1. The van der Waals surface area contributed by atoms with Crippen molar-refractivity contribution in [1.82, 2.24) is 5.32 Å². The van der Waals surface area contributed by atoms with E-state index in [2.05, 4.69) is 48.6 Å². The maximum Gasteiger partial charge on any atom is 0.127 e. The van der Waals surface area contributed by atoms with E-state index in [-0.39, 0.29) is 0 Å². The second-order valence-corrected chi connectivity index (χ2v) is 4.80. The third-order valence-electron chi connectivity index (χ3n) is 3.54. The number of hydrogen-bond donors (Lipinski definition) is 1. The minimum absolute atomic E-state index is 0.397. The minimum atomic E-state index is 0.397. The van der Waals surface area contributed by atoms with Gasteiger partial charge in [-0.05, 0) is 43.7 Å². The topological polar surface area (TPSA) is 21.3 Å². The second-order valence-electron chi connectivity index (χ2n) is 4.80. The molecule has 106 valence electrons. The lowest BCUT2D eigenvalue weighted by Crippen LogP contribution is -2.15. The molecule has 1 atom stereocenters. The van der Waals surface area contributed by atoms with Gasteiger partial charge in [-0.3, -0.25) is 0 Å². The van der Waals surface area contributed by atoms with Crippen LogP contribution in [0.2, 0.25) is 0 Å². The SMILES string of the molecule is CCOc1ccccc1-c1cccc(C(CC)NC)c1. The van der Waals surface area contributed by atoms with Crippen LogP contribution in [0.3, 0.4) is 0 Å². The van der Waals surface area contributed by atoms with Gasteiger partial charge in [-0.1, -0.05) is 43.3 Å². The van der Waals surface area contributed by atoms with Gasteiger partial charge in [0.1, 0.15) is 5.75 Å². The summed E-state index contributed by atoms with van der Waals surface area (Å²) in [4.78, 5) is 0. The zero-order valence-corrected chi connectivity index (χ0v) is 12.5. The Balaban J connectivity index is 2.40. The maximum absolute atomic E-state index is 5.73. The average Bonchev–Trinajstić information content (AvgIpc) is 2.50. The van der Waals surface area contributed by atoms with Gasteiger partial charge in [-0.25, -0.2) is 0 Å². The van der Waals surface area contributed by atoms with Gasteiger partial charge >= 0.3 is 0 Å². The molecule has 0 saturated carbocycles. The van der Waals surface area contributed by atoms with E-state index < -0.39 is 0 Å². The standard InChI is InChI=1S/C18H23NO/c1-4-17(19-3)15-10-8-9-14(13-15)16-11-6-7-12-18(16)20-5-2/h6-13,17,19H,4-5H2,1-3H3. The number of nitrogens with one attached hydrogen (secondary N) is 1. The van der Waals surface area contributed by atoms with Crippen molar-refractivity contribution >= 4 is 0 Å². The summed E-state index contributed by atoms with van der Waals surface area (Å²) in [6.07, 6.45) is 1.08. The molecule has 0 radical (unpaired) electrons. The number of rotatable bonds is 6. The molecule has 2 rings (SSSR count). The molecule has 0 aliphatic carbocycles. The van der Waals surface area contributed by atoms with E-state index in [1.807, 2.05) is 26.1 Å². The van der Waals surface area contributed by atoms with Crippen LogP contribution in [-0.2, 0) is 0 Å². The Kier molecular flexibility index (Phi) is 5.19. The molecule has 2 nitrogen and oxygen atoms in total. The van der Waals surface area contributed by atoms with Crippen LogP contribution in [0.5, 0.6) is 5.75 Å². The van der Waals surface area contributed by atoms with Crippen molar-refractivity contribution in [2.45, 2.75) is 26.3 Å². The molecule has 2 heteroatoms. The highest BCUT2D eigenvalue weighted by atomic mass is 16.5. The van der Waals surface area contributed by atoms with Crippen LogP contribution in [0.1, 0.15) is 31.9 Å². The molecule has 0 aliphatic rings. The Labute approximate surface area is 121 Å². The van der Waals surface area contributed by atoms with Gasteiger partial charge in [-0.2, -0.15) is 0 Å². The molecule has 0 fully saturated rings. The van der Waals surface area contributed by atoms with Gasteiger partial charge in [-0.15, -0.1) is 0 Å². The van der Waals surface area contributed by atoms with Gasteiger partial charge < -0.3 is 10.1 Å². The molecule has 1 unspecified atom stereocenters. The van der Waals surface area contributed by atoms with Gasteiger partial charge in [0.05, 0.1) is 6.61 Å². The Bertz CT molecular complexity index is 547. The fourth-order valence-electron chi connectivity index (χ4n) is 2.52. The predicted molar refractivity (Wildman–Crippen MR) is 85.1 cm³/mol. The predicted octanol–water partition coefficient (Wildman–Crippen LogP) is 4.42. The van der Waals surface area contributed by atoms with Gasteiger partial charge in [0.2, 0.25) is 0 Å². The molecule has 2 aromatic rings. The van der Waals surface area contributed by atoms with Crippen molar-refractivity contribution in [3.8, 4) is 16.9 Å². The smallest absolute Gasteiger partial charge is 0.127 e. The van der Waals surface area contributed by atoms with E-state index in [9.17, 15) is 0 Å². The summed E-state index contributed by atoms with van der Waals surface area (Å²) in [6, 6.07) is 17.3. The number of hydrogen-bond acceptors (Lipinski definition) is 2. The van der Waals surface area contributed by atoms with E-state index >= 15 is 0 Å². The molecule has 0 heterocycles. The lowest BCUT2D eigenvalue weighted by atomic mass is 9.98. The molecule has 0 saturated heterocycles. The van der Waals surface area contributed by atoms with Crippen LogP contribution in [0.15, 0.2) is 48.5 Å². The van der Waals surface area contributed by atoms with Crippen molar-refractivity contribution in [2.75, 3.05) is 13.7 Å². The highest BCUT2D eigenvalue weighted by Gasteiger charge is 2.10. The fourth-order valence-corrected chi connectivity index (χ4v) is 2.52. The van der Waals surface area contributed by atoms with E-state index in [1.54, 1.807) is 0 Å². The van der Waals surface area contributed by atoms with Crippen LogP contribution < -0.4 is 10.1 Å². The Morgan fingerprint density at radius 2 is 1.85 bits per heavy atom. The van der Waals surface area contributed by atoms with Crippen LogP contribution in [-0.4, -0.2) is 13.7 Å². The van der Waals surface area contributed by atoms with Crippen molar-refractivity contribution in [3.63, 3.8) is 0 Å². The lowest BCUT2D eigenvalue weighted by Gasteiger charge is -2.16. The van der Waals surface area contributed by atoms with Crippen molar-refractivity contribution in [1.29, 1.82) is 0 Å². The third kappa shape index (κ3) is 3.20. The fraction of sp³-hybridized carbons (Fsp3) is 0.333. The van der Waals surface area contributed by atoms with Crippen LogP contribution in [0.4, 0.5) is 0 Å². The summed E-state index contributed by atoms with van der Waals surface area (Å²) < 4.78 is 5.73. The lowest BCUT2D eigenvalue weighted by molar-refractivity contribution is 0.341. The highest BCUT2D eigenvalue weighted by Crippen LogP contribution is 2.31. The third-order valence-corrected chi connectivity index (χ3v) is 3.54. The molecule has 0 aromatic heterocycles. The summed E-state index contributed by atoms with van der Waals surface area (Å²) in [6.45, 7) is 4.90. The van der Waals surface area contributed by atoms with Crippen LogP contribution in [0, 0.1) is 0 Å². The van der Waals surface area contributed by atoms with Gasteiger partial charge in [0, 0.05) is 11.6 Å². The normalized spacial score (nSPS) is 12.2. The van der Waals surface area contributed by atoms with Crippen molar-refractivity contribution in [3.05, 3.63) is 54.1 Å². The summed E-state index contributed by atoms with van der Waals surface area (Å²) in [7, 11) is 2.01. The maximum atomic E-state index is 5.73. The first-order valence-electron chi connectivity index (χ1n) is 7.29. The second kappa shape index (κ2) is 7.11. The Morgan fingerprint density at radius 1 is 1.05 bits per heavy atom. The largest absolute Gasteiger partial charge is 0.493 e.